The molecule has 0 saturated heterocycles. The predicted molar refractivity (Wildman–Crippen MR) is 84.0 cm³/mol. The zero-order chi connectivity index (χ0) is 13.8. The zero-order valence-corrected chi connectivity index (χ0v) is 13.3. The number of carbonyl (C=O) groups is 1. The normalized spacial score (nSPS) is 11.9. The van der Waals surface area contributed by atoms with Crippen LogP contribution >= 0.6 is 38.9 Å². The van der Waals surface area contributed by atoms with Gasteiger partial charge in [-0.1, -0.05) is 27.5 Å². The smallest absolute Gasteiger partial charge is 0.319 e. The second-order valence-corrected chi connectivity index (χ2v) is 6.63. The molecule has 1 aromatic carbocycles. The van der Waals surface area contributed by atoms with Crippen LogP contribution in [0.25, 0.3) is 0 Å². The molecule has 2 amide bonds. The van der Waals surface area contributed by atoms with Gasteiger partial charge in [0.25, 0.3) is 0 Å². The summed E-state index contributed by atoms with van der Waals surface area (Å²) in [6, 6.07) is 10.8. The van der Waals surface area contributed by atoms with E-state index in [4.69, 9.17) is 11.6 Å². The molecule has 100 valence electrons. The Morgan fingerprint density at radius 2 is 1.95 bits per heavy atom. The molecule has 0 radical (unpaired) electrons. The molecule has 2 rings (SSSR count). The molecule has 19 heavy (non-hydrogen) atoms. The van der Waals surface area contributed by atoms with E-state index in [2.05, 4.69) is 26.6 Å². The number of thiophene rings is 1. The number of hydrogen-bond donors (Lipinski definition) is 2. The van der Waals surface area contributed by atoms with Crippen molar-refractivity contribution in [2.45, 2.75) is 13.0 Å². The van der Waals surface area contributed by atoms with Crippen LogP contribution in [-0.4, -0.2) is 6.03 Å². The Balaban J connectivity index is 1.92. The van der Waals surface area contributed by atoms with Crippen LogP contribution in [0.2, 0.25) is 4.34 Å². The van der Waals surface area contributed by atoms with E-state index in [1.54, 1.807) is 0 Å². The van der Waals surface area contributed by atoms with Crippen molar-refractivity contribution < 1.29 is 4.79 Å². The highest BCUT2D eigenvalue weighted by Gasteiger charge is 2.11. The molecule has 6 heteroatoms. The number of hydrogen-bond acceptors (Lipinski definition) is 2. The Labute approximate surface area is 129 Å². The first kappa shape index (κ1) is 14.4. The van der Waals surface area contributed by atoms with Crippen LogP contribution in [0.5, 0.6) is 0 Å². The molecule has 1 atom stereocenters. The molecule has 0 spiro atoms. The van der Waals surface area contributed by atoms with Crippen molar-refractivity contribution in [1.82, 2.24) is 5.32 Å². The maximum Gasteiger partial charge on any atom is 0.319 e. The summed E-state index contributed by atoms with van der Waals surface area (Å²) in [6.07, 6.45) is 0. The minimum absolute atomic E-state index is 0.0760. The minimum Gasteiger partial charge on any atom is -0.331 e. The number of halogens is 2. The molecule has 1 heterocycles. The number of anilines is 1. The lowest BCUT2D eigenvalue weighted by Crippen LogP contribution is -2.30. The second kappa shape index (κ2) is 6.41. The van der Waals surface area contributed by atoms with E-state index in [1.165, 1.54) is 11.3 Å². The fourth-order valence-corrected chi connectivity index (χ4v) is 2.86. The van der Waals surface area contributed by atoms with Gasteiger partial charge in [-0.3, -0.25) is 0 Å². The van der Waals surface area contributed by atoms with Gasteiger partial charge in [-0.25, -0.2) is 4.79 Å². The van der Waals surface area contributed by atoms with Crippen molar-refractivity contribution in [3.05, 3.63) is 50.1 Å². The lowest BCUT2D eigenvalue weighted by atomic mass is 10.3. The van der Waals surface area contributed by atoms with Gasteiger partial charge in [-0.05, 0) is 43.3 Å². The monoisotopic (exact) mass is 358 g/mol. The number of rotatable bonds is 3. The van der Waals surface area contributed by atoms with Crippen molar-refractivity contribution in [1.29, 1.82) is 0 Å². The third kappa shape index (κ3) is 4.23. The Bertz CT molecular complexity index is 570. The van der Waals surface area contributed by atoms with Crippen molar-refractivity contribution in [3.63, 3.8) is 0 Å². The molecule has 2 aromatic rings. The summed E-state index contributed by atoms with van der Waals surface area (Å²) >= 11 is 10.7. The van der Waals surface area contributed by atoms with E-state index in [9.17, 15) is 4.79 Å². The molecule has 1 aromatic heterocycles. The van der Waals surface area contributed by atoms with Gasteiger partial charge in [0.05, 0.1) is 10.4 Å². The van der Waals surface area contributed by atoms with Gasteiger partial charge in [0.15, 0.2) is 0 Å². The molecule has 0 aliphatic rings. The van der Waals surface area contributed by atoms with Gasteiger partial charge >= 0.3 is 6.03 Å². The second-order valence-electron chi connectivity index (χ2n) is 3.97. The molecule has 0 bridgehead atoms. The van der Waals surface area contributed by atoms with Gasteiger partial charge in [0.1, 0.15) is 0 Å². The number of urea groups is 1. The van der Waals surface area contributed by atoms with Crippen LogP contribution in [0.15, 0.2) is 40.9 Å². The maximum atomic E-state index is 11.8. The van der Waals surface area contributed by atoms with Crippen molar-refractivity contribution in [2.24, 2.45) is 0 Å². The summed E-state index contributed by atoms with van der Waals surface area (Å²) in [6.45, 7) is 1.92. The predicted octanol–water partition coefficient (Wildman–Crippen LogP) is 5.05. The maximum absolute atomic E-state index is 11.8. The third-order valence-electron chi connectivity index (χ3n) is 2.47. The first-order valence-corrected chi connectivity index (χ1v) is 7.61. The Morgan fingerprint density at radius 3 is 2.53 bits per heavy atom. The first-order chi connectivity index (χ1) is 9.04. The quantitative estimate of drug-likeness (QED) is 0.791. The standard InChI is InChI=1S/C13H12BrClN2OS/c1-8(11-6-7-12(15)19-11)16-13(18)17-10-4-2-9(14)3-5-10/h2-8H,1H3,(H2,16,17,18)/t8-/m0/s1. The van der Waals surface area contributed by atoms with E-state index in [0.29, 0.717) is 0 Å². The van der Waals surface area contributed by atoms with Gasteiger partial charge in [-0.15, -0.1) is 11.3 Å². The number of benzene rings is 1. The van der Waals surface area contributed by atoms with Crippen LogP contribution in [0, 0.1) is 0 Å². The van der Waals surface area contributed by atoms with E-state index in [0.717, 1.165) is 19.4 Å². The minimum atomic E-state index is -0.237. The third-order valence-corrected chi connectivity index (χ3v) is 4.41. The van der Waals surface area contributed by atoms with Gasteiger partial charge in [0, 0.05) is 15.0 Å². The summed E-state index contributed by atoms with van der Waals surface area (Å²) in [5.41, 5.74) is 0.747. The summed E-state index contributed by atoms with van der Waals surface area (Å²) in [5, 5.41) is 5.64. The van der Waals surface area contributed by atoms with E-state index >= 15 is 0 Å². The van der Waals surface area contributed by atoms with Crippen LogP contribution in [0.4, 0.5) is 10.5 Å². The van der Waals surface area contributed by atoms with Crippen molar-refractivity contribution >= 4 is 50.6 Å². The Morgan fingerprint density at radius 1 is 1.26 bits per heavy atom. The fraction of sp³-hybridized carbons (Fsp3) is 0.154. The Kier molecular flexibility index (Phi) is 4.85. The lowest BCUT2D eigenvalue weighted by molar-refractivity contribution is 0.249. The van der Waals surface area contributed by atoms with E-state index < -0.39 is 0 Å². The molecule has 0 saturated carbocycles. The molecule has 0 aliphatic carbocycles. The highest BCUT2D eigenvalue weighted by atomic mass is 79.9. The van der Waals surface area contributed by atoms with Crippen LogP contribution in [0.1, 0.15) is 17.8 Å². The van der Waals surface area contributed by atoms with Gasteiger partial charge in [-0.2, -0.15) is 0 Å². The fourth-order valence-electron chi connectivity index (χ4n) is 1.53. The number of carbonyl (C=O) groups excluding carboxylic acids is 1. The molecule has 0 unspecified atom stereocenters. The lowest BCUT2D eigenvalue weighted by Gasteiger charge is -2.13. The zero-order valence-electron chi connectivity index (χ0n) is 10.1. The molecule has 3 nitrogen and oxygen atoms in total. The average molecular weight is 360 g/mol. The molecule has 0 fully saturated rings. The molecular formula is C13H12BrClN2OS. The van der Waals surface area contributed by atoms with E-state index in [1.807, 2.05) is 43.3 Å². The van der Waals surface area contributed by atoms with Crippen molar-refractivity contribution in [3.8, 4) is 0 Å². The topological polar surface area (TPSA) is 41.1 Å². The van der Waals surface area contributed by atoms with Crippen LogP contribution in [0.3, 0.4) is 0 Å². The largest absolute Gasteiger partial charge is 0.331 e. The van der Waals surface area contributed by atoms with Gasteiger partial charge in [0.2, 0.25) is 0 Å². The summed E-state index contributed by atoms with van der Waals surface area (Å²) in [4.78, 5) is 12.8. The molecule has 0 aliphatic heterocycles. The molecular weight excluding hydrogens is 348 g/mol. The highest BCUT2D eigenvalue weighted by Crippen LogP contribution is 2.26. The summed E-state index contributed by atoms with van der Waals surface area (Å²) in [5.74, 6) is 0. The highest BCUT2D eigenvalue weighted by molar-refractivity contribution is 9.10. The number of amides is 2. The SMILES string of the molecule is C[C@H](NC(=O)Nc1ccc(Br)cc1)c1ccc(Cl)s1. The average Bonchev–Trinajstić information content (AvgIpc) is 2.79. The van der Waals surface area contributed by atoms with Gasteiger partial charge < -0.3 is 10.6 Å². The first-order valence-electron chi connectivity index (χ1n) is 5.63. The Hall–Kier alpha value is -1.04. The van der Waals surface area contributed by atoms with Crippen molar-refractivity contribution in [2.75, 3.05) is 5.32 Å². The van der Waals surface area contributed by atoms with Crippen LogP contribution in [-0.2, 0) is 0 Å². The summed E-state index contributed by atoms with van der Waals surface area (Å²) < 4.78 is 1.69. The number of nitrogens with one attached hydrogen (secondary N) is 2. The molecule has 2 N–H and O–H groups in total. The van der Waals surface area contributed by atoms with Crippen LogP contribution < -0.4 is 10.6 Å². The summed E-state index contributed by atoms with van der Waals surface area (Å²) in [7, 11) is 0. The van der Waals surface area contributed by atoms with E-state index in [-0.39, 0.29) is 12.1 Å².